The molecule has 2 aromatic rings. The average molecular weight is 306 g/mol. The van der Waals surface area contributed by atoms with Gasteiger partial charge in [-0.05, 0) is 31.0 Å². The maximum atomic E-state index is 9.38. The normalized spacial score (nSPS) is 10.3. The summed E-state index contributed by atoms with van der Waals surface area (Å²) in [5.41, 5.74) is 9.51. The minimum atomic E-state index is 0.225. The minimum Gasteiger partial charge on any atom is -0.383 e. The number of nitriles is 1. The van der Waals surface area contributed by atoms with Crippen molar-refractivity contribution in [1.29, 1.82) is 5.26 Å². The number of aromatic nitrogens is 1. The quantitative estimate of drug-likeness (QED) is 0.895. The summed E-state index contributed by atoms with van der Waals surface area (Å²) in [4.78, 5) is 4.23. The number of nitrogens with zero attached hydrogens (tertiary/aromatic N) is 2. The number of hydrogen-bond donors (Lipinski definition) is 1. The summed E-state index contributed by atoms with van der Waals surface area (Å²) < 4.78 is 0. The van der Waals surface area contributed by atoms with Gasteiger partial charge in [0, 0.05) is 26.9 Å². The Hall–Kier alpha value is -1.76. The highest BCUT2D eigenvalue weighted by Gasteiger charge is 2.18. The first-order valence-electron chi connectivity index (χ1n) is 6.14. The number of halogens is 2. The first-order valence-corrected chi connectivity index (χ1v) is 6.89. The van der Waals surface area contributed by atoms with Crippen molar-refractivity contribution in [2.24, 2.45) is 0 Å². The van der Waals surface area contributed by atoms with Crippen LogP contribution in [0.1, 0.15) is 23.7 Å². The fraction of sp³-hybridized carbons (Fsp3) is 0.200. The second-order valence-electron chi connectivity index (χ2n) is 4.40. The summed E-state index contributed by atoms with van der Waals surface area (Å²) in [7, 11) is 0. The Morgan fingerprint density at radius 1 is 1.35 bits per heavy atom. The van der Waals surface area contributed by atoms with Crippen LogP contribution in [0.4, 0.5) is 5.82 Å². The Labute approximate surface area is 128 Å². The zero-order valence-corrected chi connectivity index (χ0v) is 12.7. The number of nitrogen functional groups attached to an aromatic ring is 1. The molecule has 0 aliphatic rings. The largest absolute Gasteiger partial charge is 0.383 e. The molecule has 0 amide bonds. The summed E-state index contributed by atoms with van der Waals surface area (Å²) in [5, 5.41) is 10.4. The van der Waals surface area contributed by atoms with Crippen LogP contribution in [0.5, 0.6) is 0 Å². The molecule has 1 aromatic heterocycles. The third-order valence-electron chi connectivity index (χ3n) is 3.20. The van der Waals surface area contributed by atoms with E-state index < -0.39 is 0 Å². The molecule has 0 saturated carbocycles. The van der Waals surface area contributed by atoms with Crippen LogP contribution < -0.4 is 5.73 Å². The lowest BCUT2D eigenvalue weighted by atomic mass is 9.93. The van der Waals surface area contributed by atoms with E-state index in [0.717, 1.165) is 28.8 Å². The molecule has 2 rings (SSSR count). The van der Waals surface area contributed by atoms with Crippen LogP contribution in [0.25, 0.3) is 11.1 Å². The molecule has 0 spiro atoms. The van der Waals surface area contributed by atoms with Gasteiger partial charge in [0.25, 0.3) is 0 Å². The van der Waals surface area contributed by atoms with E-state index in [2.05, 4.69) is 11.1 Å². The molecule has 3 nitrogen and oxygen atoms in total. The average Bonchev–Trinajstić information content (AvgIpc) is 2.38. The SMILES string of the molecule is CCc1c(C)nc(N)c(C#N)c1-c1ccc(Cl)cc1Cl. The predicted octanol–water partition coefficient (Wildman–Crippen LogP) is 4.38. The lowest BCUT2D eigenvalue weighted by Gasteiger charge is -2.15. The Morgan fingerprint density at radius 3 is 2.60 bits per heavy atom. The van der Waals surface area contributed by atoms with Gasteiger partial charge in [-0.3, -0.25) is 0 Å². The molecule has 0 radical (unpaired) electrons. The number of aryl methyl sites for hydroxylation is 1. The zero-order valence-electron chi connectivity index (χ0n) is 11.2. The van der Waals surface area contributed by atoms with Crippen LogP contribution in [-0.4, -0.2) is 4.98 Å². The monoisotopic (exact) mass is 305 g/mol. The third kappa shape index (κ3) is 2.45. The summed E-state index contributed by atoms with van der Waals surface area (Å²) in [5.74, 6) is 0.225. The van der Waals surface area contributed by atoms with Crippen LogP contribution in [-0.2, 0) is 6.42 Å². The van der Waals surface area contributed by atoms with Gasteiger partial charge in [-0.1, -0.05) is 36.2 Å². The van der Waals surface area contributed by atoms with E-state index in [-0.39, 0.29) is 5.82 Å². The van der Waals surface area contributed by atoms with Crippen LogP contribution in [0, 0.1) is 18.3 Å². The van der Waals surface area contributed by atoms with E-state index in [1.54, 1.807) is 18.2 Å². The smallest absolute Gasteiger partial charge is 0.142 e. The van der Waals surface area contributed by atoms with Gasteiger partial charge < -0.3 is 5.73 Å². The topological polar surface area (TPSA) is 62.7 Å². The lowest BCUT2D eigenvalue weighted by molar-refractivity contribution is 1.05. The van der Waals surface area contributed by atoms with E-state index in [0.29, 0.717) is 15.6 Å². The molecule has 1 heterocycles. The lowest BCUT2D eigenvalue weighted by Crippen LogP contribution is -2.05. The van der Waals surface area contributed by atoms with Gasteiger partial charge in [0.05, 0.1) is 0 Å². The standard InChI is InChI=1S/C15H13Cl2N3/c1-3-10-8(2)20-15(19)12(7-18)14(10)11-5-4-9(16)6-13(11)17/h4-6H,3H2,1-2H3,(H2,19,20). The number of hydrogen-bond acceptors (Lipinski definition) is 3. The highest BCUT2D eigenvalue weighted by molar-refractivity contribution is 6.36. The molecule has 0 unspecified atom stereocenters. The van der Waals surface area contributed by atoms with Gasteiger partial charge in [0.2, 0.25) is 0 Å². The number of benzene rings is 1. The fourth-order valence-electron chi connectivity index (χ4n) is 2.30. The number of anilines is 1. The van der Waals surface area contributed by atoms with Crippen molar-refractivity contribution in [2.45, 2.75) is 20.3 Å². The molecular formula is C15H13Cl2N3. The van der Waals surface area contributed by atoms with Crippen molar-refractivity contribution in [2.75, 3.05) is 5.73 Å². The van der Waals surface area contributed by atoms with Crippen LogP contribution in [0.2, 0.25) is 10.0 Å². The second-order valence-corrected chi connectivity index (χ2v) is 5.24. The fourth-order valence-corrected chi connectivity index (χ4v) is 2.80. The molecule has 0 saturated heterocycles. The summed E-state index contributed by atoms with van der Waals surface area (Å²) in [6.07, 6.45) is 0.738. The van der Waals surface area contributed by atoms with Gasteiger partial charge in [-0.15, -0.1) is 0 Å². The Morgan fingerprint density at radius 2 is 2.05 bits per heavy atom. The van der Waals surface area contributed by atoms with E-state index in [9.17, 15) is 5.26 Å². The Bertz CT molecular complexity index is 718. The molecule has 0 aliphatic carbocycles. The molecule has 0 bridgehead atoms. The molecule has 2 N–H and O–H groups in total. The van der Waals surface area contributed by atoms with E-state index in [4.69, 9.17) is 28.9 Å². The van der Waals surface area contributed by atoms with Crippen LogP contribution >= 0.6 is 23.2 Å². The highest BCUT2D eigenvalue weighted by atomic mass is 35.5. The van der Waals surface area contributed by atoms with Crippen molar-refractivity contribution >= 4 is 29.0 Å². The first kappa shape index (κ1) is 14.6. The van der Waals surface area contributed by atoms with Gasteiger partial charge in [-0.2, -0.15) is 5.26 Å². The van der Waals surface area contributed by atoms with E-state index >= 15 is 0 Å². The molecule has 0 aliphatic heterocycles. The number of pyridine rings is 1. The summed E-state index contributed by atoms with van der Waals surface area (Å²) >= 11 is 12.2. The molecule has 1 aromatic carbocycles. The van der Waals surface area contributed by atoms with Crippen LogP contribution in [0.15, 0.2) is 18.2 Å². The molecular weight excluding hydrogens is 293 g/mol. The Kier molecular flexibility index (Phi) is 4.17. The number of nitrogens with two attached hydrogens (primary N) is 1. The third-order valence-corrected chi connectivity index (χ3v) is 3.75. The van der Waals surface area contributed by atoms with Crippen molar-refractivity contribution in [1.82, 2.24) is 4.98 Å². The Balaban J connectivity index is 2.88. The van der Waals surface area contributed by atoms with Crippen molar-refractivity contribution < 1.29 is 0 Å². The minimum absolute atomic E-state index is 0.225. The molecule has 5 heteroatoms. The number of rotatable bonds is 2. The van der Waals surface area contributed by atoms with Gasteiger partial charge in [0.1, 0.15) is 17.5 Å². The van der Waals surface area contributed by atoms with Gasteiger partial charge in [-0.25, -0.2) is 4.98 Å². The van der Waals surface area contributed by atoms with E-state index in [1.165, 1.54) is 0 Å². The molecule has 102 valence electrons. The van der Waals surface area contributed by atoms with Crippen molar-refractivity contribution in [3.05, 3.63) is 45.1 Å². The van der Waals surface area contributed by atoms with Gasteiger partial charge >= 0.3 is 0 Å². The summed E-state index contributed by atoms with van der Waals surface area (Å²) in [6.45, 7) is 3.89. The molecule has 20 heavy (non-hydrogen) atoms. The predicted molar refractivity (Wildman–Crippen MR) is 82.9 cm³/mol. The summed E-state index contributed by atoms with van der Waals surface area (Å²) in [6, 6.07) is 7.33. The maximum absolute atomic E-state index is 9.38. The van der Waals surface area contributed by atoms with Crippen molar-refractivity contribution in [3.63, 3.8) is 0 Å². The maximum Gasteiger partial charge on any atom is 0.142 e. The first-order chi connectivity index (χ1) is 9.49. The van der Waals surface area contributed by atoms with Gasteiger partial charge in [0.15, 0.2) is 0 Å². The highest BCUT2D eigenvalue weighted by Crippen LogP contribution is 2.37. The second kappa shape index (κ2) is 5.70. The molecule has 0 atom stereocenters. The van der Waals surface area contributed by atoms with Crippen LogP contribution in [0.3, 0.4) is 0 Å². The van der Waals surface area contributed by atoms with Crippen molar-refractivity contribution in [3.8, 4) is 17.2 Å². The van der Waals surface area contributed by atoms with E-state index in [1.807, 2.05) is 13.8 Å². The molecule has 0 fully saturated rings. The zero-order chi connectivity index (χ0) is 14.9.